The Morgan fingerprint density at radius 2 is 1.17 bits per heavy atom. The topological polar surface area (TPSA) is 355 Å². The highest BCUT2D eigenvalue weighted by molar-refractivity contribution is 7.86. The van der Waals surface area contributed by atoms with Gasteiger partial charge in [-0.25, -0.2) is 0 Å². The van der Waals surface area contributed by atoms with E-state index in [4.69, 9.17) is 0 Å². The second-order valence-corrected chi connectivity index (χ2v) is 20.7. The van der Waals surface area contributed by atoms with Crippen molar-refractivity contribution in [3.05, 3.63) is 125 Å². The van der Waals surface area contributed by atoms with E-state index in [0.29, 0.717) is 16.8 Å². The number of aromatic nitrogens is 6. The molecule has 6 aromatic rings. The lowest BCUT2D eigenvalue weighted by Gasteiger charge is -2.26. The first-order valence-corrected chi connectivity index (χ1v) is 26.2. The van der Waals surface area contributed by atoms with Crippen molar-refractivity contribution in [2.24, 2.45) is 0 Å². The number of aliphatic hydroxyl groups excluding tert-OH is 3. The SMILES string of the molecule is CC(O)CN(CCC#N)c1nc(Cc2ccccc2S(=O)(=O)O)nc(Nc2ccc(/C=C/c3ccc(Cc4nc(Nc5cccc(S(=O)(=O)O)c5)nc(N(CC(C)O)CC(C)O)n4)cc3S(=O)(=O)O)cc2)n1. The highest BCUT2D eigenvalue weighted by atomic mass is 32.2. The summed E-state index contributed by atoms with van der Waals surface area (Å²) in [5.41, 5.74) is 1.94. The number of nitrogens with zero attached hydrogens (tertiary/aromatic N) is 9. The minimum absolute atomic E-state index is 0.00465. The normalized spacial score (nSPS) is 13.3. The Bertz CT molecular complexity index is 3290. The summed E-state index contributed by atoms with van der Waals surface area (Å²) in [5, 5.41) is 46.0. The molecule has 0 fully saturated rings. The fourth-order valence-corrected chi connectivity index (χ4v) is 9.16. The number of benzene rings is 4. The lowest BCUT2D eigenvalue weighted by molar-refractivity contribution is 0.177. The van der Waals surface area contributed by atoms with Gasteiger partial charge < -0.3 is 35.8 Å². The third kappa shape index (κ3) is 15.7. The molecule has 0 radical (unpaired) electrons. The van der Waals surface area contributed by atoms with Crippen LogP contribution in [0.5, 0.6) is 0 Å². The van der Waals surface area contributed by atoms with Crippen LogP contribution in [0, 0.1) is 11.3 Å². The van der Waals surface area contributed by atoms with Crippen molar-refractivity contribution in [3.8, 4) is 6.07 Å². The van der Waals surface area contributed by atoms with Gasteiger partial charge in [-0.05, 0) is 85.5 Å². The summed E-state index contributed by atoms with van der Waals surface area (Å²) in [5.74, 6) is 0.249. The molecule has 0 aliphatic heterocycles. The number of rotatable bonds is 23. The summed E-state index contributed by atoms with van der Waals surface area (Å²) in [4.78, 5) is 28.9. The van der Waals surface area contributed by atoms with Gasteiger partial charge in [-0.2, -0.15) is 60.4 Å². The maximum Gasteiger partial charge on any atom is 0.295 e. The fraction of sp³-hybridized carbons (Fsp3) is 0.283. The van der Waals surface area contributed by atoms with Crippen molar-refractivity contribution >= 4 is 77.7 Å². The predicted molar refractivity (Wildman–Crippen MR) is 266 cm³/mol. The molecule has 0 aliphatic rings. The predicted octanol–water partition coefficient (Wildman–Crippen LogP) is 4.30. The van der Waals surface area contributed by atoms with Crippen molar-refractivity contribution in [1.29, 1.82) is 5.26 Å². The first-order valence-electron chi connectivity index (χ1n) is 21.9. The molecule has 72 heavy (non-hydrogen) atoms. The average molecular weight is 1050 g/mol. The summed E-state index contributed by atoms with van der Waals surface area (Å²) < 4.78 is 103. The lowest BCUT2D eigenvalue weighted by Crippen LogP contribution is -2.38. The van der Waals surface area contributed by atoms with Crippen LogP contribution in [0.2, 0.25) is 0 Å². The van der Waals surface area contributed by atoms with Gasteiger partial charge in [-0.15, -0.1) is 0 Å². The molecular formula is C46H51N11O12S3. The van der Waals surface area contributed by atoms with Crippen LogP contribution in [0.1, 0.15) is 61.1 Å². The molecule has 0 saturated heterocycles. The smallest absolute Gasteiger partial charge is 0.295 e. The molecular weight excluding hydrogens is 995 g/mol. The molecule has 0 spiro atoms. The summed E-state index contributed by atoms with van der Waals surface area (Å²) in [6.07, 6.45) is 0.308. The minimum Gasteiger partial charge on any atom is -0.392 e. The van der Waals surface area contributed by atoms with Crippen molar-refractivity contribution in [2.45, 2.75) is 73.0 Å². The number of hydrogen-bond acceptors (Lipinski definition) is 20. The summed E-state index contributed by atoms with van der Waals surface area (Å²) >= 11 is 0. The molecule has 26 heteroatoms. The van der Waals surface area contributed by atoms with Crippen LogP contribution >= 0.6 is 0 Å². The Morgan fingerprint density at radius 3 is 1.75 bits per heavy atom. The number of hydrogen-bond donors (Lipinski definition) is 8. The summed E-state index contributed by atoms with van der Waals surface area (Å²) in [7, 11) is -14.0. The van der Waals surface area contributed by atoms with Crippen LogP contribution < -0.4 is 20.4 Å². The van der Waals surface area contributed by atoms with Gasteiger partial charge in [0.05, 0.1) is 40.6 Å². The Hall–Kier alpha value is -7.06. The van der Waals surface area contributed by atoms with Crippen molar-refractivity contribution in [2.75, 3.05) is 46.6 Å². The maximum atomic E-state index is 12.8. The van der Waals surface area contributed by atoms with E-state index in [2.05, 4.69) is 46.6 Å². The molecule has 8 N–H and O–H groups in total. The molecule has 3 unspecified atom stereocenters. The zero-order chi connectivity index (χ0) is 52.4. The first-order chi connectivity index (χ1) is 33.9. The molecule has 3 atom stereocenters. The van der Waals surface area contributed by atoms with Gasteiger partial charge in [-0.3, -0.25) is 13.7 Å². The Labute approximate surface area is 415 Å². The maximum absolute atomic E-state index is 12.8. The monoisotopic (exact) mass is 1050 g/mol. The molecule has 2 aromatic heterocycles. The summed E-state index contributed by atoms with van der Waals surface area (Å²) in [6, 6.07) is 24.1. The molecule has 6 rings (SSSR count). The second kappa shape index (κ2) is 23.4. The van der Waals surface area contributed by atoms with E-state index in [0.717, 1.165) is 6.07 Å². The number of aliphatic hydroxyl groups is 3. The second-order valence-electron chi connectivity index (χ2n) is 16.5. The van der Waals surface area contributed by atoms with Crippen LogP contribution in [-0.2, 0) is 43.2 Å². The average Bonchev–Trinajstić information content (AvgIpc) is 3.29. The van der Waals surface area contributed by atoms with Crippen molar-refractivity contribution < 1.29 is 54.2 Å². The summed E-state index contributed by atoms with van der Waals surface area (Å²) in [6.45, 7) is 4.82. The molecule has 4 aromatic carbocycles. The number of nitrogens with one attached hydrogen (secondary N) is 2. The quantitative estimate of drug-likeness (QED) is 0.0327. The Balaban J connectivity index is 1.27. The minimum atomic E-state index is -4.82. The van der Waals surface area contributed by atoms with Gasteiger partial charge in [0.1, 0.15) is 16.5 Å². The highest BCUT2D eigenvalue weighted by Crippen LogP contribution is 2.26. The van der Waals surface area contributed by atoms with E-state index in [1.165, 1.54) is 73.4 Å². The third-order valence-corrected chi connectivity index (χ3v) is 12.9. The zero-order valence-electron chi connectivity index (χ0n) is 38.9. The van der Waals surface area contributed by atoms with E-state index in [1.807, 2.05) is 0 Å². The molecule has 0 amide bonds. The van der Waals surface area contributed by atoms with Gasteiger partial charge in [0.2, 0.25) is 23.8 Å². The zero-order valence-corrected chi connectivity index (χ0v) is 41.3. The molecule has 0 bridgehead atoms. The van der Waals surface area contributed by atoms with Gasteiger partial charge in [0.15, 0.2) is 0 Å². The Kier molecular flexibility index (Phi) is 17.7. The molecule has 2 heterocycles. The molecule has 23 nitrogen and oxygen atoms in total. The highest BCUT2D eigenvalue weighted by Gasteiger charge is 2.22. The molecule has 0 saturated carbocycles. The van der Waals surface area contributed by atoms with Gasteiger partial charge in [0, 0.05) is 50.4 Å². The van der Waals surface area contributed by atoms with Crippen LogP contribution in [0.25, 0.3) is 12.2 Å². The van der Waals surface area contributed by atoms with Crippen LogP contribution in [0.4, 0.5) is 35.2 Å². The lowest BCUT2D eigenvalue weighted by atomic mass is 10.1. The third-order valence-electron chi connectivity index (χ3n) is 10.2. The van der Waals surface area contributed by atoms with E-state index in [-0.39, 0.29) is 103 Å². The van der Waals surface area contributed by atoms with E-state index in [1.54, 1.807) is 54.3 Å². The van der Waals surface area contributed by atoms with Crippen molar-refractivity contribution in [3.63, 3.8) is 0 Å². The van der Waals surface area contributed by atoms with Crippen LogP contribution in [0.3, 0.4) is 0 Å². The molecule has 380 valence electrons. The van der Waals surface area contributed by atoms with Gasteiger partial charge >= 0.3 is 0 Å². The Morgan fingerprint density at radius 1 is 0.597 bits per heavy atom. The number of nitriles is 1. The van der Waals surface area contributed by atoms with Gasteiger partial charge in [-0.1, -0.05) is 60.7 Å². The van der Waals surface area contributed by atoms with Gasteiger partial charge in [0.25, 0.3) is 30.4 Å². The standard InChI is InChI=1S/C46H51N11O12S3/c1-29(58)26-56(21-7-20-47)45-53-42(24-35-8-4-5-11-39(35)71(64,65)66)51-43(54-45)48-36-18-14-32(15-19-36)12-16-34-17-13-33(22-40(34)72(67,68)69)23-41-50-44(49-37-9-6-10-38(25-37)70(61,62)63)55-46(52-41)57(27-30(2)59)28-31(3)60/h4-6,8-19,22,25,29-31,58-60H,7,21,23-24,26-28H2,1-3H3,(H,61,62,63)(H,64,65,66)(H,67,68,69)(H,48,51,53,54)(H,49,50,52,55)/b16-12+. The van der Waals surface area contributed by atoms with Crippen molar-refractivity contribution in [1.82, 2.24) is 29.9 Å². The van der Waals surface area contributed by atoms with Crippen LogP contribution in [0.15, 0.2) is 106 Å². The van der Waals surface area contributed by atoms with E-state index >= 15 is 0 Å². The first kappa shape index (κ1) is 54.3. The van der Waals surface area contributed by atoms with E-state index in [9.17, 15) is 59.5 Å². The molecule has 0 aliphatic carbocycles. The largest absolute Gasteiger partial charge is 0.392 e. The number of anilines is 6. The van der Waals surface area contributed by atoms with E-state index < -0.39 is 58.5 Å². The van der Waals surface area contributed by atoms with Crippen LogP contribution in [-0.4, -0.2) is 129 Å². The fourth-order valence-electron chi connectivity index (χ4n) is 7.18.